The van der Waals surface area contributed by atoms with Crippen LogP contribution in [0.15, 0.2) is 45.8 Å². The normalized spacial score (nSPS) is 15.8. The summed E-state index contributed by atoms with van der Waals surface area (Å²) < 4.78 is 7.79. The Morgan fingerprint density at radius 3 is 2.67 bits per heavy atom. The van der Waals surface area contributed by atoms with E-state index in [1.54, 1.807) is 6.26 Å². The van der Waals surface area contributed by atoms with Crippen molar-refractivity contribution in [2.75, 3.05) is 0 Å². The maximum Gasteiger partial charge on any atom is 0.252 e. The highest BCUT2D eigenvalue weighted by Crippen LogP contribution is 2.34. The number of hydrogen-bond donors (Lipinski definition) is 1. The van der Waals surface area contributed by atoms with Gasteiger partial charge in [-0.3, -0.25) is 9.69 Å². The molecule has 1 N–H and O–H groups in total. The highest BCUT2D eigenvalue weighted by molar-refractivity contribution is 5.82. The number of H-pyrrole nitrogens is 1. The molecule has 0 spiro atoms. The molecule has 3 aromatic heterocycles. The lowest BCUT2D eigenvalue weighted by Crippen LogP contribution is -2.36. The van der Waals surface area contributed by atoms with Crippen molar-refractivity contribution < 1.29 is 4.42 Å². The summed E-state index contributed by atoms with van der Waals surface area (Å²) in [6, 6.07) is 10.4. The number of tetrazole rings is 1. The average Bonchev–Trinajstić information content (AvgIpc) is 3.53. The number of fused-ring (bicyclic) bond motifs is 1. The first-order valence-corrected chi connectivity index (χ1v) is 13.1. The number of hydrogen-bond acceptors (Lipinski definition) is 6. The number of aromatic amines is 1. The molecule has 3 heterocycles. The number of aromatic nitrogens is 5. The molecule has 1 aromatic carbocycles. The van der Waals surface area contributed by atoms with Crippen LogP contribution in [0.2, 0.25) is 0 Å². The van der Waals surface area contributed by atoms with Crippen molar-refractivity contribution in [3.05, 3.63) is 75.2 Å². The van der Waals surface area contributed by atoms with Crippen molar-refractivity contribution >= 4 is 10.9 Å². The van der Waals surface area contributed by atoms with Crippen LogP contribution in [0.25, 0.3) is 10.9 Å². The molecular formula is C28H36N6O2. The fourth-order valence-electron chi connectivity index (χ4n) is 5.79. The third-order valence-electron chi connectivity index (χ3n) is 7.41. The number of nitrogens with one attached hydrogen (secondary N) is 1. The molecule has 5 rings (SSSR count). The van der Waals surface area contributed by atoms with Gasteiger partial charge in [0.05, 0.1) is 30.4 Å². The molecular weight excluding hydrogens is 452 g/mol. The minimum atomic E-state index is -0.0821. The van der Waals surface area contributed by atoms with Crippen LogP contribution < -0.4 is 5.56 Å². The van der Waals surface area contributed by atoms with Crippen LogP contribution in [0.1, 0.15) is 86.3 Å². The summed E-state index contributed by atoms with van der Waals surface area (Å²) in [7, 11) is 0. The number of aryl methyl sites for hydroxylation is 2. The minimum absolute atomic E-state index is 0.0618. The number of pyridine rings is 1. The van der Waals surface area contributed by atoms with Crippen LogP contribution in [0.4, 0.5) is 0 Å². The van der Waals surface area contributed by atoms with Gasteiger partial charge in [0.25, 0.3) is 5.56 Å². The quantitative estimate of drug-likeness (QED) is 0.346. The number of rotatable bonds is 8. The average molecular weight is 489 g/mol. The van der Waals surface area contributed by atoms with Crippen LogP contribution in [0.5, 0.6) is 0 Å². The van der Waals surface area contributed by atoms with Gasteiger partial charge in [0.1, 0.15) is 5.76 Å². The van der Waals surface area contributed by atoms with Gasteiger partial charge in [-0.25, -0.2) is 4.68 Å². The van der Waals surface area contributed by atoms with Crippen LogP contribution >= 0.6 is 0 Å². The van der Waals surface area contributed by atoms with E-state index in [1.807, 2.05) is 25.1 Å². The molecule has 8 heteroatoms. The zero-order chi connectivity index (χ0) is 25.2. The van der Waals surface area contributed by atoms with E-state index in [9.17, 15) is 4.79 Å². The van der Waals surface area contributed by atoms with E-state index in [2.05, 4.69) is 63.0 Å². The van der Waals surface area contributed by atoms with E-state index < -0.39 is 0 Å². The molecule has 1 saturated carbocycles. The van der Waals surface area contributed by atoms with Gasteiger partial charge in [-0.05, 0) is 78.2 Å². The molecule has 1 atom stereocenters. The lowest BCUT2D eigenvalue weighted by Gasteiger charge is -2.34. The van der Waals surface area contributed by atoms with Crippen LogP contribution in [0.3, 0.4) is 0 Å². The predicted molar refractivity (Wildman–Crippen MR) is 140 cm³/mol. The molecule has 1 aliphatic rings. The van der Waals surface area contributed by atoms with Gasteiger partial charge in [-0.1, -0.05) is 44.7 Å². The van der Waals surface area contributed by atoms with E-state index in [0.717, 1.165) is 46.5 Å². The maximum atomic E-state index is 13.3. The predicted octanol–water partition coefficient (Wildman–Crippen LogP) is 5.63. The van der Waals surface area contributed by atoms with E-state index in [0.29, 0.717) is 19.1 Å². The molecule has 4 aromatic rings. The van der Waals surface area contributed by atoms with Crippen molar-refractivity contribution in [1.29, 1.82) is 0 Å². The van der Waals surface area contributed by atoms with Gasteiger partial charge < -0.3 is 9.40 Å². The summed E-state index contributed by atoms with van der Waals surface area (Å²) >= 11 is 0. The summed E-state index contributed by atoms with van der Waals surface area (Å²) in [5.74, 6) is 1.94. The lowest BCUT2D eigenvalue weighted by atomic mass is 9.94. The summed E-state index contributed by atoms with van der Waals surface area (Å²) in [6.07, 6.45) is 7.58. The van der Waals surface area contributed by atoms with Gasteiger partial charge in [-0.15, -0.1) is 5.10 Å². The first kappa shape index (κ1) is 24.4. The van der Waals surface area contributed by atoms with Crippen molar-refractivity contribution in [2.45, 2.75) is 85.0 Å². The molecule has 0 radical (unpaired) electrons. The third-order valence-corrected chi connectivity index (χ3v) is 7.41. The second-order valence-corrected chi connectivity index (χ2v) is 10.6. The van der Waals surface area contributed by atoms with Gasteiger partial charge in [0.2, 0.25) is 0 Å². The minimum Gasteiger partial charge on any atom is -0.468 e. The van der Waals surface area contributed by atoms with Crippen molar-refractivity contribution in [3.8, 4) is 0 Å². The molecule has 0 aliphatic heterocycles. The smallest absolute Gasteiger partial charge is 0.252 e. The fourth-order valence-corrected chi connectivity index (χ4v) is 5.79. The summed E-state index contributed by atoms with van der Waals surface area (Å²) in [5.41, 5.74) is 3.81. The SMILES string of the molecule is Cc1cc(C)c2[nH]c(=O)c(CN(Cc3ccco3)[C@@H](c3nnnn3C3CCCCC3)C(C)C)cc2c1. The number of benzene rings is 1. The van der Waals surface area contributed by atoms with Crippen molar-refractivity contribution in [2.24, 2.45) is 5.92 Å². The second-order valence-electron chi connectivity index (χ2n) is 10.6. The van der Waals surface area contributed by atoms with E-state index in [1.165, 1.54) is 24.8 Å². The zero-order valence-electron chi connectivity index (χ0n) is 21.7. The topological polar surface area (TPSA) is 92.8 Å². The Bertz CT molecular complexity index is 1360. The highest BCUT2D eigenvalue weighted by atomic mass is 16.3. The monoisotopic (exact) mass is 488 g/mol. The van der Waals surface area contributed by atoms with E-state index in [4.69, 9.17) is 4.42 Å². The molecule has 36 heavy (non-hydrogen) atoms. The molecule has 8 nitrogen and oxygen atoms in total. The third kappa shape index (κ3) is 5.00. The highest BCUT2D eigenvalue weighted by Gasteiger charge is 2.32. The van der Waals surface area contributed by atoms with E-state index >= 15 is 0 Å². The molecule has 0 saturated heterocycles. The Balaban J connectivity index is 1.56. The largest absolute Gasteiger partial charge is 0.468 e. The lowest BCUT2D eigenvalue weighted by molar-refractivity contribution is 0.112. The Kier molecular flexibility index (Phi) is 7.05. The second kappa shape index (κ2) is 10.4. The Labute approximate surface area is 211 Å². The molecule has 0 bridgehead atoms. The standard InChI is InChI=1S/C28H36N6O2/c1-18(2)26(27-30-31-32-34(27)23-9-6-5-7-10-23)33(17-24-11-8-12-36-24)16-22-15-21-14-19(3)13-20(4)25(21)29-28(22)35/h8,11-15,18,23,26H,5-7,9-10,16-17H2,1-4H3,(H,29,35)/t26-/m1/s1. The molecule has 0 unspecified atom stereocenters. The summed E-state index contributed by atoms with van der Waals surface area (Å²) in [5, 5.41) is 14.1. The van der Waals surface area contributed by atoms with Crippen LogP contribution in [-0.4, -0.2) is 30.1 Å². The summed E-state index contributed by atoms with van der Waals surface area (Å²) in [6.45, 7) is 9.51. The fraction of sp³-hybridized carbons (Fsp3) is 0.500. The molecule has 190 valence electrons. The molecule has 1 aliphatic carbocycles. The van der Waals surface area contributed by atoms with Crippen molar-refractivity contribution in [1.82, 2.24) is 30.1 Å². The van der Waals surface area contributed by atoms with Crippen molar-refractivity contribution in [3.63, 3.8) is 0 Å². The number of nitrogens with zero attached hydrogens (tertiary/aromatic N) is 5. The van der Waals surface area contributed by atoms with Crippen LogP contribution in [-0.2, 0) is 13.1 Å². The number of furan rings is 1. The Morgan fingerprint density at radius 2 is 1.94 bits per heavy atom. The zero-order valence-corrected chi connectivity index (χ0v) is 21.7. The first-order chi connectivity index (χ1) is 17.4. The molecule has 0 amide bonds. The molecule has 1 fully saturated rings. The Hall–Kier alpha value is -3.26. The first-order valence-electron chi connectivity index (χ1n) is 13.1. The van der Waals surface area contributed by atoms with Crippen LogP contribution in [0, 0.1) is 19.8 Å². The van der Waals surface area contributed by atoms with Gasteiger partial charge >= 0.3 is 0 Å². The maximum absolute atomic E-state index is 13.3. The van der Waals surface area contributed by atoms with E-state index in [-0.39, 0.29) is 17.5 Å². The Morgan fingerprint density at radius 1 is 1.14 bits per heavy atom. The van der Waals surface area contributed by atoms with Gasteiger partial charge in [0, 0.05) is 12.1 Å². The van der Waals surface area contributed by atoms with Gasteiger partial charge in [0.15, 0.2) is 5.82 Å². The van der Waals surface area contributed by atoms with Gasteiger partial charge in [-0.2, -0.15) is 0 Å². The summed E-state index contributed by atoms with van der Waals surface area (Å²) in [4.78, 5) is 18.7.